The minimum absolute atomic E-state index is 0.167. The monoisotopic (exact) mass is 254 g/mol. The number of rotatable bonds is 3. The molecule has 1 amide bonds. The van der Waals surface area contributed by atoms with Gasteiger partial charge in [0, 0.05) is 26.2 Å². The van der Waals surface area contributed by atoms with E-state index >= 15 is 0 Å². The lowest BCUT2D eigenvalue weighted by atomic mass is 10.1. The topological polar surface area (TPSA) is 41.6 Å². The summed E-state index contributed by atoms with van der Waals surface area (Å²) in [4.78, 5) is 14.2. The average molecular weight is 254 g/mol. The van der Waals surface area contributed by atoms with Crippen molar-refractivity contribution < 1.29 is 9.53 Å². The molecule has 0 bridgehead atoms. The van der Waals surface area contributed by atoms with Crippen molar-refractivity contribution in [3.8, 4) is 0 Å². The van der Waals surface area contributed by atoms with Gasteiger partial charge in [-0.15, -0.1) is 0 Å². The smallest absolute Gasteiger partial charge is 0.251 e. The van der Waals surface area contributed by atoms with E-state index in [2.05, 4.69) is 5.32 Å². The summed E-state index contributed by atoms with van der Waals surface area (Å²) < 4.78 is 5.97. The fraction of sp³-hybridized carbons (Fsp3) is 0.929. The summed E-state index contributed by atoms with van der Waals surface area (Å²) in [5.41, 5.74) is 0. The molecule has 0 aromatic heterocycles. The molecule has 1 saturated heterocycles. The van der Waals surface area contributed by atoms with Crippen molar-refractivity contribution >= 4 is 5.91 Å². The summed E-state index contributed by atoms with van der Waals surface area (Å²) in [6, 6.07) is 0. The highest BCUT2D eigenvalue weighted by molar-refractivity contribution is 5.80. The van der Waals surface area contributed by atoms with Gasteiger partial charge in [0.1, 0.15) is 6.10 Å². The van der Waals surface area contributed by atoms with E-state index < -0.39 is 0 Å². The van der Waals surface area contributed by atoms with Gasteiger partial charge in [0.15, 0.2) is 0 Å². The second kappa shape index (κ2) is 7.10. The summed E-state index contributed by atoms with van der Waals surface area (Å²) in [6.45, 7) is 5.35. The van der Waals surface area contributed by atoms with Crippen LogP contribution in [0.25, 0.3) is 0 Å². The molecular weight excluding hydrogens is 228 g/mol. The highest BCUT2D eigenvalue weighted by Gasteiger charge is 2.25. The van der Waals surface area contributed by atoms with Crippen LogP contribution < -0.4 is 5.32 Å². The molecule has 0 radical (unpaired) electrons. The van der Waals surface area contributed by atoms with E-state index in [1.807, 2.05) is 11.8 Å². The minimum atomic E-state index is -0.272. The maximum Gasteiger partial charge on any atom is 0.251 e. The van der Waals surface area contributed by atoms with Gasteiger partial charge in [-0.2, -0.15) is 0 Å². The van der Waals surface area contributed by atoms with Crippen LogP contribution in [0, 0.1) is 0 Å². The van der Waals surface area contributed by atoms with Crippen molar-refractivity contribution in [1.82, 2.24) is 10.2 Å². The Morgan fingerprint density at radius 2 is 1.78 bits per heavy atom. The summed E-state index contributed by atoms with van der Waals surface area (Å²) in [5, 5.41) is 3.26. The SMILES string of the molecule is CC(OC1CCCCCC1)C(=O)N1CCNCC1. The van der Waals surface area contributed by atoms with Crippen molar-refractivity contribution in [3.63, 3.8) is 0 Å². The Morgan fingerprint density at radius 3 is 2.39 bits per heavy atom. The van der Waals surface area contributed by atoms with Crippen LogP contribution in [-0.4, -0.2) is 49.2 Å². The molecule has 1 aliphatic carbocycles. The number of piperazine rings is 1. The molecule has 2 rings (SSSR count). The van der Waals surface area contributed by atoms with Gasteiger partial charge < -0.3 is 15.0 Å². The van der Waals surface area contributed by atoms with Gasteiger partial charge in [0.25, 0.3) is 5.91 Å². The van der Waals surface area contributed by atoms with Crippen LogP contribution >= 0.6 is 0 Å². The predicted molar refractivity (Wildman–Crippen MR) is 71.5 cm³/mol. The molecule has 2 aliphatic rings. The fourth-order valence-corrected chi connectivity index (χ4v) is 2.87. The lowest BCUT2D eigenvalue weighted by Crippen LogP contribution is -2.50. The number of hydrogen-bond acceptors (Lipinski definition) is 3. The molecule has 1 aliphatic heterocycles. The number of carbonyl (C=O) groups is 1. The molecule has 4 heteroatoms. The largest absolute Gasteiger partial charge is 0.365 e. The lowest BCUT2D eigenvalue weighted by molar-refractivity contribution is -0.147. The van der Waals surface area contributed by atoms with E-state index in [0.29, 0.717) is 6.10 Å². The molecule has 18 heavy (non-hydrogen) atoms. The number of carbonyl (C=O) groups excluding carboxylic acids is 1. The third-order valence-corrected chi connectivity index (χ3v) is 3.98. The Balaban J connectivity index is 1.78. The third-order valence-electron chi connectivity index (χ3n) is 3.98. The van der Waals surface area contributed by atoms with Gasteiger partial charge in [-0.3, -0.25) is 4.79 Å². The highest BCUT2D eigenvalue weighted by Crippen LogP contribution is 2.21. The quantitative estimate of drug-likeness (QED) is 0.777. The second-order valence-corrected chi connectivity index (χ2v) is 5.47. The number of amides is 1. The van der Waals surface area contributed by atoms with Gasteiger partial charge in [-0.05, 0) is 19.8 Å². The van der Waals surface area contributed by atoms with Crippen LogP contribution in [0.1, 0.15) is 45.4 Å². The predicted octanol–water partition coefficient (Wildman–Crippen LogP) is 1.55. The Bertz CT molecular complexity index is 257. The van der Waals surface area contributed by atoms with Crippen molar-refractivity contribution in [2.24, 2.45) is 0 Å². The first-order chi connectivity index (χ1) is 8.77. The van der Waals surface area contributed by atoms with Crippen molar-refractivity contribution in [2.45, 2.75) is 57.7 Å². The number of hydrogen-bond donors (Lipinski definition) is 1. The zero-order valence-electron chi connectivity index (χ0n) is 11.5. The van der Waals surface area contributed by atoms with Crippen LogP contribution in [0.15, 0.2) is 0 Å². The molecule has 0 aromatic rings. The summed E-state index contributed by atoms with van der Waals surface area (Å²) in [7, 11) is 0. The molecule has 1 N–H and O–H groups in total. The zero-order valence-corrected chi connectivity index (χ0v) is 11.5. The normalized spacial score (nSPS) is 24.6. The summed E-state index contributed by atoms with van der Waals surface area (Å²) >= 11 is 0. The summed E-state index contributed by atoms with van der Waals surface area (Å²) in [6.07, 6.45) is 7.41. The van der Waals surface area contributed by atoms with Crippen molar-refractivity contribution in [3.05, 3.63) is 0 Å². The zero-order chi connectivity index (χ0) is 12.8. The molecule has 1 heterocycles. The van der Waals surface area contributed by atoms with Crippen LogP contribution in [0.5, 0.6) is 0 Å². The average Bonchev–Trinajstić information content (AvgIpc) is 2.67. The summed E-state index contributed by atoms with van der Waals surface area (Å²) in [5.74, 6) is 0.167. The molecule has 1 atom stereocenters. The van der Waals surface area contributed by atoms with Gasteiger partial charge >= 0.3 is 0 Å². The number of ether oxygens (including phenoxy) is 1. The number of nitrogens with one attached hydrogen (secondary N) is 1. The van der Waals surface area contributed by atoms with E-state index in [4.69, 9.17) is 4.74 Å². The molecule has 1 unspecified atom stereocenters. The van der Waals surface area contributed by atoms with Gasteiger partial charge in [0.2, 0.25) is 0 Å². The fourth-order valence-electron chi connectivity index (χ4n) is 2.87. The Hall–Kier alpha value is -0.610. The van der Waals surface area contributed by atoms with Crippen molar-refractivity contribution in [1.29, 1.82) is 0 Å². The molecule has 4 nitrogen and oxygen atoms in total. The van der Waals surface area contributed by atoms with Gasteiger partial charge in [-0.1, -0.05) is 25.7 Å². The van der Waals surface area contributed by atoms with Gasteiger partial charge in [-0.25, -0.2) is 0 Å². The van der Waals surface area contributed by atoms with E-state index in [1.165, 1.54) is 25.7 Å². The molecule has 104 valence electrons. The van der Waals surface area contributed by atoms with E-state index in [1.54, 1.807) is 0 Å². The first kappa shape index (κ1) is 13.8. The van der Waals surface area contributed by atoms with Crippen LogP contribution in [0.3, 0.4) is 0 Å². The van der Waals surface area contributed by atoms with Gasteiger partial charge in [0.05, 0.1) is 6.10 Å². The molecule has 2 fully saturated rings. The minimum Gasteiger partial charge on any atom is -0.365 e. The molecule has 0 aromatic carbocycles. The second-order valence-electron chi connectivity index (χ2n) is 5.47. The molecular formula is C14H26N2O2. The standard InChI is InChI=1S/C14H26N2O2/c1-12(14(17)16-10-8-15-9-11-16)18-13-6-4-2-3-5-7-13/h12-13,15H,2-11H2,1H3. The first-order valence-electron chi connectivity index (χ1n) is 7.42. The highest BCUT2D eigenvalue weighted by atomic mass is 16.5. The Morgan fingerprint density at radius 1 is 1.17 bits per heavy atom. The van der Waals surface area contributed by atoms with Crippen LogP contribution in [0.4, 0.5) is 0 Å². The van der Waals surface area contributed by atoms with Crippen molar-refractivity contribution in [2.75, 3.05) is 26.2 Å². The van der Waals surface area contributed by atoms with Crippen LogP contribution in [-0.2, 0) is 9.53 Å². The molecule has 1 saturated carbocycles. The Labute approximate surface area is 110 Å². The lowest BCUT2D eigenvalue weighted by Gasteiger charge is -2.31. The molecule has 0 spiro atoms. The maximum atomic E-state index is 12.2. The van der Waals surface area contributed by atoms with E-state index in [9.17, 15) is 4.79 Å². The Kier molecular flexibility index (Phi) is 5.45. The third kappa shape index (κ3) is 3.95. The maximum absolute atomic E-state index is 12.2. The number of nitrogens with zero attached hydrogens (tertiary/aromatic N) is 1. The van der Waals surface area contributed by atoms with E-state index in [-0.39, 0.29) is 12.0 Å². The van der Waals surface area contributed by atoms with E-state index in [0.717, 1.165) is 39.0 Å². The van der Waals surface area contributed by atoms with Crippen LogP contribution in [0.2, 0.25) is 0 Å². The first-order valence-corrected chi connectivity index (χ1v) is 7.42.